The van der Waals surface area contributed by atoms with Crippen LogP contribution < -0.4 is 18.5 Å². The maximum atomic E-state index is 14.1. The van der Waals surface area contributed by atoms with Gasteiger partial charge in [-0.2, -0.15) is 13.4 Å². The molecule has 1 saturated heterocycles. The normalized spacial score (nSPS) is 15.3. The molecular weight excluding hydrogens is 554 g/mol. The highest BCUT2D eigenvalue weighted by atomic mass is 32.2. The second-order valence-electron chi connectivity index (χ2n) is 11.3. The molecule has 0 radical (unpaired) electrons. The van der Waals surface area contributed by atoms with Gasteiger partial charge in [0.15, 0.2) is 11.3 Å². The fourth-order valence-electron chi connectivity index (χ4n) is 5.56. The number of aromatic nitrogens is 1. The molecule has 0 atom stereocenters. The van der Waals surface area contributed by atoms with Gasteiger partial charge in [0.1, 0.15) is 11.3 Å². The van der Waals surface area contributed by atoms with Crippen molar-refractivity contribution in [2.75, 3.05) is 25.1 Å². The van der Waals surface area contributed by atoms with Crippen molar-refractivity contribution in [1.82, 2.24) is 9.71 Å². The van der Waals surface area contributed by atoms with Crippen LogP contribution in [0.1, 0.15) is 69.1 Å². The Labute approximate surface area is 247 Å². The molecule has 1 aromatic heterocycles. The lowest BCUT2D eigenvalue weighted by atomic mass is 9.72. The Bertz CT molecular complexity index is 1630. The van der Waals surface area contributed by atoms with Crippen molar-refractivity contribution in [1.29, 1.82) is 0 Å². The van der Waals surface area contributed by atoms with E-state index in [4.69, 9.17) is 13.3 Å². The molecule has 42 heavy (non-hydrogen) atoms. The average molecular weight is 592 g/mol. The van der Waals surface area contributed by atoms with Gasteiger partial charge in [-0.3, -0.25) is 4.79 Å². The van der Waals surface area contributed by atoms with Gasteiger partial charge in [0.2, 0.25) is 5.91 Å². The highest BCUT2D eigenvalue weighted by Crippen LogP contribution is 2.40. The largest absolute Gasteiger partial charge is 0.497 e. The van der Waals surface area contributed by atoms with Crippen molar-refractivity contribution in [3.8, 4) is 11.5 Å². The summed E-state index contributed by atoms with van der Waals surface area (Å²) < 4.78 is 46.3. The second-order valence-corrected chi connectivity index (χ2v) is 12.6. The summed E-state index contributed by atoms with van der Waals surface area (Å²) in [6, 6.07) is 20.8. The van der Waals surface area contributed by atoms with E-state index in [1.165, 1.54) is 0 Å². The summed E-state index contributed by atoms with van der Waals surface area (Å²) in [5.74, 6) is 0.227. The Morgan fingerprint density at radius 2 is 1.60 bits per heavy atom. The first-order valence-corrected chi connectivity index (χ1v) is 15.6. The Kier molecular flexibility index (Phi) is 8.19. The lowest BCUT2D eigenvalue weighted by Gasteiger charge is -2.40. The molecule has 0 saturated carbocycles. The van der Waals surface area contributed by atoms with E-state index in [9.17, 15) is 13.2 Å². The number of carbonyl (C=O) groups excluding carboxylic acids is 1. The van der Waals surface area contributed by atoms with Crippen LogP contribution in [0.4, 0.5) is 6.01 Å². The number of oxazole rings is 1. The molecule has 0 spiro atoms. The minimum absolute atomic E-state index is 0.0175. The molecule has 4 aromatic rings. The fraction of sp³-hybridized carbons (Fsp3) is 0.375. The van der Waals surface area contributed by atoms with Crippen molar-refractivity contribution >= 4 is 33.3 Å². The number of ether oxygens (including phenoxy) is 1. The highest BCUT2D eigenvalue weighted by Gasteiger charge is 2.45. The first-order valence-electron chi connectivity index (χ1n) is 14.2. The highest BCUT2D eigenvalue weighted by molar-refractivity contribution is 7.85. The van der Waals surface area contributed by atoms with E-state index in [0.717, 1.165) is 16.6 Å². The Hall–Kier alpha value is -4.05. The zero-order valence-corrected chi connectivity index (χ0v) is 25.4. The third kappa shape index (κ3) is 5.81. The number of anilines is 1. The summed E-state index contributed by atoms with van der Waals surface area (Å²) in [7, 11) is -2.96. The molecule has 10 heteroatoms. The molecule has 1 N–H and O–H groups in total. The number of rotatable bonds is 9. The Morgan fingerprint density at radius 1 is 0.952 bits per heavy atom. The molecule has 3 aromatic carbocycles. The van der Waals surface area contributed by atoms with E-state index in [1.54, 1.807) is 25.3 Å². The van der Waals surface area contributed by atoms with Crippen LogP contribution in [0.3, 0.4) is 0 Å². The molecule has 1 aliphatic rings. The number of fused-ring (bicyclic) bond motifs is 1. The van der Waals surface area contributed by atoms with Crippen molar-refractivity contribution in [2.24, 2.45) is 0 Å². The molecule has 1 amide bonds. The number of methoxy groups -OCH3 is 1. The van der Waals surface area contributed by atoms with Gasteiger partial charge in [-0.15, -0.1) is 0 Å². The third-order valence-electron chi connectivity index (χ3n) is 7.96. The zero-order chi connectivity index (χ0) is 30.1. The van der Waals surface area contributed by atoms with Crippen LogP contribution in [-0.4, -0.2) is 39.5 Å². The molecule has 5 rings (SSSR count). The number of benzene rings is 3. The average Bonchev–Trinajstić information content (AvgIpc) is 3.41. The summed E-state index contributed by atoms with van der Waals surface area (Å²) in [5.41, 5.74) is 2.45. The first kappa shape index (κ1) is 29.4. The molecule has 1 aliphatic heterocycles. The zero-order valence-electron chi connectivity index (χ0n) is 24.6. The van der Waals surface area contributed by atoms with Gasteiger partial charge in [-0.1, -0.05) is 70.2 Å². The van der Waals surface area contributed by atoms with Gasteiger partial charge in [-0.05, 0) is 65.6 Å². The van der Waals surface area contributed by atoms with E-state index in [2.05, 4.69) is 9.71 Å². The SMILES string of the molecule is COc1cccc(C2(C(=O)NS(=O)(=O)Oc3c(C(C)C)cccc3C(C)C)CCN(c3nc4ccccc4o3)CC2)c1. The molecule has 0 unspecified atom stereocenters. The molecule has 2 heterocycles. The van der Waals surface area contributed by atoms with Gasteiger partial charge in [-0.25, -0.2) is 4.72 Å². The number of piperidine rings is 1. The maximum absolute atomic E-state index is 14.1. The molecule has 0 aliphatic carbocycles. The lowest BCUT2D eigenvalue weighted by Crippen LogP contribution is -2.53. The van der Waals surface area contributed by atoms with E-state index in [-0.39, 0.29) is 17.6 Å². The van der Waals surface area contributed by atoms with Crippen molar-refractivity contribution in [3.05, 3.63) is 83.4 Å². The topological polar surface area (TPSA) is 111 Å². The summed E-state index contributed by atoms with van der Waals surface area (Å²) >= 11 is 0. The van der Waals surface area contributed by atoms with Gasteiger partial charge in [0, 0.05) is 13.1 Å². The van der Waals surface area contributed by atoms with E-state index >= 15 is 0 Å². The molecule has 9 nitrogen and oxygen atoms in total. The minimum atomic E-state index is -4.52. The van der Waals surface area contributed by atoms with Crippen LogP contribution in [0.5, 0.6) is 11.5 Å². The smallest absolute Gasteiger partial charge is 0.409 e. The van der Waals surface area contributed by atoms with Crippen LogP contribution in [-0.2, 0) is 20.5 Å². The quantitative estimate of drug-likeness (QED) is 0.250. The van der Waals surface area contributed by atoms with Crippen molar-refractivity contribution < 1.29 is 26.5 Å². The summed E-state index contributed by atoms with van der Waals surface area (Å²) in [6.45, 7) is 8.73. The Balaban J connectivity index is 1.45. The summed E-state index contributed by atoms with van der Waals surface area (Å²) in [5, 5.41) is 0. The van der Waals surface area contributed by atoms with Gasteiger partial charge >= 0.3 is 10.3 Å². The molecule has 0 bridgehead atoms. The van der Waals surface area contributed by atoms with Gasteiger partial charge in [0.25, 0.3) is 6.01 Å². The van der Waals surface area contributed by atoms with Crippen LogP contribution in [0, 0.1) is 0 Å². The number of amides is 1. The van der Waals surface area contributed by atoms with E-state index in [0.29, 0.717) is 48.8 Å². The molecule has 222 valence electrons. The monoisotopic (exact) mass is 591 g/mol. The van der Waals surface area contributed by atoms with Crippen molar-refractivity contribution in [2.45, 2.75) is 57.8 Å². The lowest BCUT2D eigenvalue weighted by molar-refractivity contribution is -0.125. The molecular formula is C32H37N3O6S. The predicted molar refractivity (Wildman–Crippen MR) is 162 cm³/mol. The fourth-order valence-corrected chi connectivity index (χ4v) is 6.44. The first-order chi connectivity index (χ1) is 20.0. The number of nitrogens with zero attached hydrogens (tertiary/aromatic N) is 2. The number of hydrogen-bond acceptors (Lipinski definition) is 8. The standard InChI is InChI=1S/C32H37N3O6S/c1-21(2)25-12-9-13-26(22(3)4)29(25)41-42(37,38)34-30(36)32(23-10-8-11-24(20-23)39-5)16-18-35(19-17-32)31-33-27-14-6-7-15-28(27)40-31/h6-15,20-22H,16-19H2,1-5H3,(H,34,36). The van der Waals surface area contributed by atoms with E-state index < -0.39 is 21.6 Å². The Morgan fingerprint density at radius 3 is 2.21 bits per heavy atom. The van der Waals surface area contributed by atoms with Crippen LogP contribution >= 0.6 is 0 Å². The van der Waals surface area contributed by atoms with Gasteiger partial charge < -0.3 is 18.2 Å². The summed E-state index contributed by atoms with van der Waals surface area (Å²) in [4.78, 5) is 20.7. The number of para-hydroxylation sites is 3. The predicted octanol–water partition coefficient (Wildman–Crippen LogP) is 6.06. The van der Waals surface area contributed by atoms with Crippen LogP contribution in [0.25, 0.3) is 11.1 Å². The molecule has 1 fully saturated rings. The number of hydrogen-bond donors (Lipinski definition) is 1. The third-order valence-corrected chi connectivity index (χ3v) is 8.78. The van der Waals surface area contributed by atoms with Crippen LogP contribution in [0.15, 0.2) is 71.1 Å². The van der Waals surface area contributed by atoms with Crippen LogP contribution in [0.2, 0.25) is 0 Å². The number of nitrogens with one attached hydrogen (secondary N) is 1. The van der Waals surface area contributed by atoms with Crippen molar-refractivity contribution in [3.63, 3.8) is 0 Å². The van der Waals surface area contributed by atoms with Gasteiger partial charge in [0.05, 0.1) is 12.5 Å². The summed E-state index contributed by atoms with van der Waals surface area (Å²) in [6.07, 6.45) is 0.639. The minimum Gasteiger partial charge on any atom is -0.497 e. The second kappa shape index (κ2) is 11.7. The maximum Gasteiger partial charge on any atom is 0.409 e. The van der Waals surface area contributed by atoms with E-state index in [1.807, 2.05) is 81.1 Å². The number of carbonyl (C=O) groups is 1.